The second-order valence-corrected chi connectivity index (χ2v) is 3.56. The predicted octanol–water partition coefficient (Wildman–Crippen LogP) is 4.03. The molecule has 0 heterocycles. The van der Waals surface area contributed by atoms with E-state index in [0.717, 1.165) is 17.9 Å². The fraction of sp³-hybridized carbons (Fsp3) is 0.545. The van der Waals surface area contributed by atoms with E-state index in [0.29, 0.717) is 0 Å². The van der Waals surface area contributed by atoms with Gasteiger partial charge in [0.2, 0.25) is 0 Å². The third kappa shape index (κ3) is 4.32. The Morgan fingerprint density at radius 3 is 2.31 bits per heavy atom. The van der Waals surface area contributed by atoms with Crippen LogP contribution in [0.4, 0.5) is 0 Å². The van der Waals surface area contributed by atoms with Crippen molar-refractivity contribution in [2.24, 2.45) is 4.99 Å². The zero-order chi connectivity index (χ0) is 10.3. The van der Waals surface area contributed by atoms with Gasteiger partial charge in [0.25, 0.3) is 0 Å². The smallest absolute Gasteiger partial charge is 0.0888 e. The van der Waals surface area contributed by atoms with E-state index in [1.54, 1.807) is 11.8 Å². The Balaban J connectivity index is 4.67. The molecule has 0 aliphatic rings. The summed E-state index contributed by atoms with van der Waals surface area (Å²) in [5, 5.41) is 0.893. The molecule has 0 aliphatic carbocycles. The van der Waals surface area contributed by atoms with Gasteiger partial charge in [0.05, 0.1) is 5.03 Å². The van der Waals surface area contributed by atoms with E-state index in [4.69, 9.17) is 0 Å². The Morgan fingerprint density at radius 2 is 2.00 bits per heavy atom. The van der Waals surface area contributed by atoms with Crippen molar-refractivity contribution >= 4 is 17.5 Å². The fourth-order valence-electron chi connectivity index (χ4n) is 1.15. The van der Waals surface area contributed by atoms with Crippen LogP contribution in [0.3, 0.4) is 0 Å². The zero-order valence-electron chi connectivity index (χ0n) is 9.05. The molecule has 0 fully saturated rings. The van der Waals surface area contributed by atoms with E-state index in [9.17, 15) is 0 Å². The summed E-state index contributed by atoms with van der Waals surface area (Å²) in [7, 11) is 0. The first-order chi connectivity index (χ1) is 6.19. The van der Waals surface area contributed by atoms with Crippen molar-refractivity contribution < 1.29 is 0 Å². The number of hydrogen-bond donors (Lipinski definition) is 0. The molecule has 1 nitrogen and oxygen atoms in total. The number of allylic oxidation sites excluding steroid dienone is 2. The molecule has 0 aromatic heterocycles. The molecule has 0 atom stereocenters. The minimum Gasteiger partial charge on any atom is -0.247 e. The molecule has 0 amide bonds. The SMILES string of the molecule is C=C(N=C(CC)/C(=C\C)CC)SC. The highest BCUT2D eigenvalue weighted by atomic mass is 32.2. The van der Waals surface area contributed by atoms with Crippen molar-refractivity contribution in [3.05, 3.63) is 23.3 Å². The van der Waals surface area contributed by atoms with Gasteiger partial charge >= 0.3 is 0 Å². The molecule has 0 unspecified atom stereocenters. The van der Waals surface area contributed by atoms with Gasteiger partial charge < -0.3 is 0 Å². The Bertz CT molecular complexity index is 226. The molecule has 2 heteroatoms. The quantitative estimate of drug-likeness (QED) is 0.606. The van der Waals surface area contributed by atoms with Gasteiger partial charge in [-0.3, -0.25) is 0 Å². The molecular weight excluding hydrogens is 178 g/mol. The molecule has 13 heavy (non-hydrogen) atoms. The van der Waals surface area contributed by atoms with E-state index >= 15 is 0 Å². The van der Waals surface area contributed by atoms with E-state index < -0.39 is 0 Å². The summed E-state index contributed by atoms with van der Waals surface area (Å²) < 4.78 is 0. The van der Waals surface area contributed by atoms with Crippen molar-refractivity contribution in [2.45, 2.75) is 33.6 Å². The highest BCUT2D eigenvalue weighted by molar-refractivity contribution is 8.02. The van der Waals surface area contributed by atoms with Crippen molar-refractivity contribution in [2.75, 3.05) is 6.26 Å². The van der Waals surface area contributed by atoms with Crippen LogP contribution in [0, 0.1) is 0 Å². The molecule has 0 radical (unpaired) electrons. The lowest BCUT2D eigenvalue weighted by molar-refractivity contribution is 1.12. The number of aliphatic imine (C=N–C) groups is 1. The van der Waals surface area contributed by atoms with E-state index in [1.807, 2.05) is 6.26 Å². The normalized spacial score (nSPS) is 13.2. The van der Waals surface area contributed by atoms with Gasteiger partial charge in [-0.25, -0.2) is 4.99 Å². The second-order valence-electron chi connectivity index (χ2n) is 2.68. The third-order valence-electron chi connectivity index (χ3n) is 1.93. The monoisotopic (exact) mass is 197 g/mol. The van der Waals surface area contributed by atoms with E-state index in [-0.39, 0.29) is 0 Å². The standard InChI is InChI=1S/C11H19NS/c1-6-10(7-2)11(8-3)12-9(4)13-5/h6H,4,7-8H2,1-3,5H3/b10-6-,12-11?. The minimum atomic E-state index is 0.893. The van der Waals surface area contributed by atoms with E-state index in [1.165, 1.54) is 11.3 Å². The van der Waals surface area contributed by atoms with Crippen LogP contribution in [0.1, 0.15) is 33.6 Å². The lowest BCUT2D eigenvalue weighted by atomic mass is 10.1. The first-order valence-corrected chi connectivity index (χ1v) is 5.88. The van der Waals surface area contributed by atoms with Crippen molar-refractivity contribution in [1.29, 1.82) is 0 Å². The molecule has 0 bridgehead atoms. The van der Waals surface area contributed by atoms with Crippen molar-refractivity contribution in [3.8, 4) is 0 Å². The predicted molar refractivity (Wildman–Crippen MR) is 64.4 cm³/mol. The highest BCUT2D eigenvalue weighted by Gasteiger charge is 2.01. The summed E-state index contributed by atoms with van der Waals surface area (Å²) in [6.07, 6.45) is 6.16. The number of thioether (sulfide) groups is 1. The molecule has 0 spiro atoms. The van der Waals surface area contributed by atoms with Crippen LogP contribution < -0.4 is 0 Å². The van der Waals surface area contributed by atoms with Gasteiger partial charge in [-0.15, -0.1) is 11.8 Å². The first kappa shape index (κ1) is 12.5. The minimum absolute atomic E-state index is 0.893. The van der Waals surface area contributed by atoms with Crippen LogP contribution in [0.25, 0.3) is 0 Å². The summed E-state index contributed by atoms with van der Waals surface area (Å²) in [5.41, 5.74) is 2.50. The van der Waals surface area contributed by atoms with Crippen LogP contribution in [-0.4, -0.2) is 12.0 Å². The lowest BCUT2D eigenvalue weighted by Gasteiger charge is -2.06. The molecule has 0 N–H and O–H groups in total. The maximum atomic E-state index is 4.47. The first-order valence-electron chi connectivity index (χ1n) is 4.65. The Morgan fingerprint density at radius 1 is 1.38 bits per heavy atom. The van der Waals surface area contributed by atoms with Gasteiger partial charge in [0.1, 0.15) is 0 Å². The van der Waals surface area contributed by atoms with Crippen LogP contribution in [0.15, 0.2) is 28.2 Å². The van der Waals surface area contributed by atoms with Crippen LogP contribution >= 0.6 is 11.8 Å². The zero-order valence-corrected chi connectivity index (χ0v) is 9.87. The molecule has 0 saturated heterocycles. The maximum Gasteiger partial charge on any atom is 0.0888 e. The molecule has 0 saturated carbocycles. The average molecular weight is 197 g/mol. The molecular formula is C11H19NS. The van der Waals surface area contributed by atoms with Gasteiger partial charge in [0.15, 0.2) is 0 Å². The van der Waals surface area contributed by atoms with E-state index in [2.05, 4.69) is 38.4 Å². The fourth-order valence-corrected chi connectivity index (χ4v) is 1.35. The van der Waals surface area contributed by atoms with Gasteiger partial charge in [-0.2, -0.15) is 0 Å². The summed E-state index contributed by atoms with van der Waals surface area (Å²) in [5.74, 6) is 0. The summed E-state index contributed by atoms with van der Waals surface area (Å²) in [6.45, 7) is 10.2. The van der Waals surface area contributed by atoms with Crippen LogP contribution in [0.5, 0.6) is 0 Å². The Labute approximate surface area is 86.0 Å². The average Bonchev–Trinajstić information content (AvgIpc) is 2.17. The number of hydrogen-bond acceptors (Lipinski definition) is 2. The molecule has 0 aromatic rings. The van der Waals surface area contributed by atoms with Crippen molar-refractivity contribution in [3.63, 3.8) is 0 Å². The van der Waals surface area contributed by atoms with Gasteiger partial charge in [0, 0.05) is 5.71 Å². The molecule has 0 aliphatic heterocycles. The third-order valence-corrected chi connectivity index (χ3v) is 2.49. The van der Waals surface area contributed by atoms with Gasteiger partial charge in [-0.05, 0) is 31.6 Å². The summed E-state index contributed by atoms with van der Waals surface area (Å²) in [4.78, 5) is 4.47. The van der Waals surface area contributed by atoms with Crippen LogP contribution in [-0.2, 0) is 0 Å². The van der Waals surface area contributed by atoms with Gasteiger partial charge in [-0.1, -0.05) is 26.5 Å². The molecule has 74 valence electrons. The summed E-state index contributed by atoms with van der Waals surface area (Å²) in [6, 6.07) is 0. The highest BCUT2D eigenvalue weighted by Crippen LogP contribution is 2.15. The summed E-state index contributed by atoms with van der Waals surface area (Å²) >= 11 is 1.60. The largest absolute Gasteiger partial charge is 0.247 e. The second kappa shape index (κ2) is 6.96. The van der Waals surface area contributed by atoms with Crippen LogP contribution in [0.2, 0.25) is 0 Å². The molecule has 0 rings (SSSR count). The Hall–Kier alpha value is -0.500. The lowest BCUT2D eigenvalue weighted by Crippen LogP contribution is -2.00. The van der Waals surface area contributed by atoms with Crippen molar-refractivity contribution in [1.82, 2.24) is 0 Å². The topological polar surface area (TPSA) is 12.4 Å². The Kier molecular flexibility index (Phi) is 6.69. The number of rotatable bonds is 5. The maximum absolute atomic E-state index is 4.47. The molecule has 0 aromatic carbocycles. The number of nitrogens with zero attached hydrogens (tertiary/aromatic N) is 1.